The van der Waals surface area contributed by atoms with Gasteiger partial charge in [-0.05, 0) is 59.7 Å². The van der Waals surface area contributed by atoms with Gasteiger partial charge in [-0.3, -0.25) is 9.59 Å². The van der Waals surface area contributed by atoms with Gasteiger partial charge in [-0.2, -0.15) is 0 Å². The van der Waals surface area contributed by atoms with Gasteiger partial charge >= 0.3 is 0 Å². The second-order valence-electron chi connectivity index (χ2n) is 7.96. The predicted octanol–water partition coefficient (Wildman–Crippen LogP) is 2.74. The average Bonchev–Trinajstić information content (AvgIpc) is 3.34. The summed E-state index contributed by atoms with van der Waals surface area (Å²) in [4.78, 5) is 28.5. The molecular formula is C22H23N3O3S. The fourth-order valence-electron chi connectivity index (χ4n) is 3.90. The van der Waals surface area contributed by atoms with Gasteiger partial charge in [0.2, 0.25) is 0 Å². The number of amides is 2. The molecule has 29 heavy (non-hydrogen) atoms. The molecule has 0 aromatic heterocycles. The van der Waals surface area contributed by atoms with E-state index < -0.39 is 5.60 Å². The number of carbonyl (C=O) groups is 2. The number of nitrogens with zero attached hydrogens (tertiary/aromatic N) is 2. The second-order valence-corrected chi connectivity index (χ2v) is 8.74. The van der Waals surface area contributed by atoms with E-state index >= 15 is 0 Å². The molecule has 0 unspecified atom stereocenters. The molecule has 150 valence electrons. The van der Waals surface area contributed by atoms with Crippen molar-refractivity contribution < 1.29 is 14.7 Å². The molecule has 2 amide bonds. The van der Waals surface area contributed by atoms with E-state index in [1.165, 1.54) is 5.56 Å². The van der Waals surface area contributed by atoms with Crippen LogP contribution in [-0.2, 0) is 10.5 Å². The van der Waals surface area contributed by atoms with E-state index in [0.29, 0.717) is 44.6 Å². The van der Waals surface area contributed by atoms with Crippen molar-refractivity contribution in [2.24, 2.45) is 0 Å². The van der Waals surface area contributed by atoms with Crippen LogP contribution >= 0.6 is 11.9 Å². The summed E-state index contributed by atoms with van der Waals surface area (Å²) in [6, 6.07) is 14.1. The van der Waals surface area contributed by atoms with Gasteiger partial charge < -0.3 is 19.6 Å². The lowest BCUT2D eigenvalue weighted by atomic mass is 10.0. The molecule has 2 fully saturated rings. The molecule has 1 aliphatic carbocycles. The van der Waals surface area contributed by atoms with Crippen LogP contribution in [0.15, 0.2) is 42.5 Å². The first-order chi connectivity index (χ1) is 14.0. The predicted molar refractivity (Wildman–Crippen MR) is 113 cm³/mol. The number of piperazine rings is 1. The van der Waals surface area contributed by atoms with Crippen LogP contribution in [0, 0.1) is 0 Å². The molecule has 2 aromatic carbocycles. The first-order valence-corrected chi connectivity index (χ1v) is 10.9. The SMILES string of the molecule is O=C(c1ccc(-c2ccc3c(c2)NSC3)cc1)N1CCN(C(=O)C2(O)CC2)CC1. The Balaban J connectivity index is 1.23. The summed E-state index contributed by atoms with van der Waals surface area (Å²) in [6.07, 6.45) is 1.10. The molecule has 0 bridgehead atoms. The van der Waals surface area contributed by atoms with Crippen molar-refractivity contribution in [3.05, 3.63) is 53.6 Å². The molecule has 0 atom stereocenters. The van der Waals surface area contributed by atoms with Crippen molar-refractivity contribution >= 4 is 29.4 Å². The third-order valence-corrected chi connectivity index (χ3v) is 6.78. The molecule has 5 rings (SSSR count). The molecule has 7 heteroatoms. The molecular weight excluding hydrogens is 386 g/mol. The Morgan fingerprint density at radius 1 is 0.931 bits per heavy atom. The highest BCUT2D eigenvalue weighted by Gasteiger charge is 2.50. The van der Waals surface area contributed by atoms with Gasteiger partial charge in [0.1, 0.15) is 5.60 Å². The van der Waals surface area contributed by atoms with Crippen molar-refractivity contribution in [2.75, 3.05) is 30.9 Å². The summed E-state index contributed by atoms with van der Waals surface area (Å²) >= 11 is 1.70. The number of nitrogens with one attached hydrogen (secondary N) is 1. The van der Waals surface area contributed by atoms with E-state index in [1.807, 2.05) is 24.3 Å². The summed E-state index contributed by atoms with van der Waals surface area (Å²) in [5.74, 6) is 0.790. The zero-order chi connectivity index (χ0) is 20.0. The molecule has 2 aliphatic heterocycles. The minimum atomic E-state index is -1.13. The van der Waals surface area contributed by atoms with E-state index in [0.717, 1.165) is 22.6 Å². The number of hydrogen-bond donors (Lipinski definition) is 2. The molecule has 2 aromatic rings. The number of rotatable bonds is 3. The van der Waals surface area contributed by atoms with E-state index in [-0.39, 0.29) is 11.8 Å². The lowest BCUT2D eigenvalue weighted by molar-refractivity contribution is -0.143. The van der Waals surface area contributed by atoms with Crippen LogP contribution in [0.1, 0.15) is 28.8 Å². The maximum absolute atomic E-state index is 12.8. The number of carbonyl (C=O) groups excluding carboxylic acids is 2. The maximum atomic E-state index is 12.8. The highest BCUT2D eigenvalue weighted by molar-refractivity contribution is 8.00. The van der Waals surface area contributed by atoms with Gasteiger partial charge in [-0.15, -0.1) is 0 Å². The summed E-state index contributed by atoms with van der Waals surface area (Å²) in [7, 11) is 0. The van der Waals surface area contributed by atoms with Crippen LogP contribution in [-0.4, -0.2) is 58.5 Å². The summed E-state index contributed by atoms with van der Waals surface area (Å²) in [6.45, 7) is 1.95. The number of benzene rings is 2. The van der Waals surface area contributed by atoms with Crippen molar-refractivity contribution in [1.29, 1.82) is 0 Å². The molecule has 0 radical (unpaired) electrons. The lowest BCUT2D eigenvalue weighted by Gasteiger charge is -2.35. The Bertz CT molecular complexity index is 964. The van der Waals surface area contributed by atoms with E-state index in [1.54, 1.807) is 21.7 Å². The summed E-state index contributed by atoms with van der Waals surface area (Å²) in [5.41, 5.74) is 4.21. The van der Waals surface area contributed by atoms with Gasteiger partial charge in [0.25, 0.3) is 11.8 Å². The fraction of sp³-hybridized carbons (Fsp3) is 0.364. The molecule has 1 saturated carbocycles. The van der Waals surface area contributed by atoms with Crippen LogP contribution in [0.25, 0.3) is 11.1 Å². The molecule has 2 N–H and O–H groups in total. The highest BCUT2D eigenvalue weighted by Crippen LogP contribution is 2.37. The smallest absolute Gasteiger partial charge is 0.254 e. The number of aliphatic hydroxyl groups is 1. The first-order valence-electron chi connectivity index (χ1n) is 9.96. The van der Waals surface area contributed by atoms with Crippen LogP contribution in [0.5, 0.6) is 0 Å². The summed E-state index contributed by atoms with van der Waals surface area (Å²) < 4.78 is 3.32. The molecule has 3 aliphatic rings. The van der Waals surface area contributed by atoms with Crippen LogP contribution in [0.3, 0.4) is 0 Å². The zero-order valence-electron chi connectivity index (χ0n) is 16.1. The standard InChI is InChI=1S/C22H23N3O3S/c26-20(24-9-11-25(12-10-24)21(27)22(28)7-8-22)16-3-1-15(2-4-16)17-5-6-18-14-29-23-19(18)13-17/h1-6,13,23,28H,7-12,14H2. The van der Waals surface area contributed by atoms with Crippen LogP contribution in [0.2, 0.25) is 0 Å². The lowest BCUT2D eigenvalue weighted by Crippen LogP contribution is -2.53. The van der Waals surface area contributed by atoms with E-state index in [9.17, 15) is 14.7 Å². The van der Waals surface area contributed by atoms with Gasteiger partial charge in [0.05, 0.1) is 0 Å². The van der Waals surface area contributed by atoms with E-state index in [4.69, 9.17) is 0 Å². The largest absolute Gasteiger partial charge is 0.380 e. The van der Waals surface area contributed by atoms with Gasteiger partial charge in [0.15, 0.2) is 0 Å². The van der Waals surface area contributed by atoms with Crippen molar-refractivity contribution in [2.45, 2.75) is 24.2 Å². The van der Waals surface area contributed by atoms with Gasteiger partial charge in [0, 0.05) is 43.2 Å². The number of hydrogen-bond acceptors (Lipinski definition) is 5. The van der Waals surface area contributed by atoms with Crippen molar-refractivity contribution in [3.8, 4) is 11.1 Å². The summed E-state index contributed by atoms with van der Waals surface area (Å²) in [5, 5.41) is 10.00. The molecule has 2 heterocycles. The molecule has 1 saturated heterocycles. The van der Waals surface area contributed by atoms with Crippen LogP contribution < -0.4 is 4.72 Å². The first kappa shape index (κ1) is 18.5. The second kappa shape index (κ2) is 7.07. The van der Waals surface area contributed by atoms with Gasteiger partial charge in [-0.25, -0.2) is 0 Å². The number of fused-ring (bicyclic) bond motifs is 1. The Hall–Kier alpha value is -2.51. The normalized spacial score (nSPS) is 19.5. The quantitative estimate of drug-likeness (QED) is 0.763. The molecule has 0 spiro atoms. The van der Waals surface area contributed by atoms with Crippen molar-refractivity contribution in [1.82, 2.24) is 9.80 Å². The Morgan fingerprint density at radius 2 is 1.59 bits per heavy atom. The highest BCUT2D eigenvalue weighted by atomic mass is 32.2. The Kier molecular flexibility index (Phi) is 4.52. The molecule has 6 nitrogen and oxygen atoms in total. The zero-order valence-corrected chi connectivity index (χ0v) is 16.9. The third kappa shape index (κ3) is 3.49. The van der Waals surface area contributed by atoms with Crippen LogP contribution in [0.4, 0.5) is 5.69 Å². The maximum Gasteiger partial charge on any atom is 0.254 e. The van der Waals surface area contributed by atoms with Crippen molar-refractivity contribution in [3.63, 3.8) is 0 Å². The monoisotopic (exact) mass is 409 g/mol. The number of anilines is 1. The minimum Gasteiger partial charge on any atom is -0.380 e. The fourth-order valence-corrected chi connectivity index (χ4v) is 4.72. The third-order valence-electron chi connectivity index (χ3n) is 5.96. The average molecular weight is 410 g/mol. The topological polar surface area (TPSA) is 72.9 Å². The Labute approximate surface area is 174 Å². The minimum absolute atomic E-state index is 0.0131. The van der Waals surface area contributed by atoms with E-state index in [2.05, 4.69) is 22.9 Å². The Morgan fingerprint density at radius 3 is 2.28 bits per heavy atom. The van der Waals surface area contributed by atoms with Gasteiger partial charge in [-0.1, -0.05) is 24.3 Å².